The summed E-state index contributed by atoms with van der Waals surface area (Å²) in [5.74, 6) is -0.638. The van der Waals surface area contributed by atoms with Gasteiger partial charge >= 0.3 is 0 Å². The van der Waals surface area contributed by atoms with Crippen LogP contribution in [-0.2, 0) is 21.2 Å². The molecule has 1 aliphatic rings. The summed E-state index contributed by atoms with van der Waals surface area (Å²) < 4.78 is 32.2. The van der Waals surface area contributed by atoms with Gasteiger partial charge in [0.05, 0.1) is 29.1 Å². The molecule has 0 bridgehead atoms. The SMILES string of the molecule is C=CC[C@@H]1C(S(=O)(=O)c2ccccc2)=C[C@@H](COCc2ccccc2)C[C@@H]1O. The van der Waals surface area contributed by atoms with E-state index in [1.807, 2.05) is 30.3 Å². The lowest BCUT2D eigenvalue weighted by atomic mass is 9.84. The monoisotopic (exact) mass is 398 g/mol. The summed E-state index contributed by atoms with van der Waals surface area (Å²) in [6, 6.07) is 18.2. The number of hydrogen-bond acceptors (Lipinski definition) is 4. The summed E-state index contributed by atoms with van der Waals surface area (Å²) in [4.78, 5) is 0.513. The molecular formula is C23H26O4S. The summed E-state index contributed by atoms with van der Waals surface area (Å²) in [7, 11) is -3.68. The van der Waals surface area contributed by atoms with Crippen molar-refractivity contribution in [1.29, 1.82) is 0 Å². The number of benzene rings is 2. The standard InChI is InChI=1S/C23H26O4S/c1-2-9-21-22(24)14-19(17-27-16-18-10-5-3-6-11-18)15-23(21)28(25,26)20-12-7-4-8-13-20/h2-8,10-13,15,19,21-22,24H,1,9,14,16-17H2/t19-,21-,22-/m0/s1. The highest BCUT2D eigenvalue weighted by atomic mass is 32.2. The molecule has 0 heterocycles. The fourth-order valence-electron chi connectivity index (χ4n) is 3.58. The first-order chi connectivity index (χ1) is 13.5. The van der Waals surface area contributed by atoms with Crippen molar-refractivity contribution >= 4 is 9.84 Å². The minimum Gasteiger partial charge on any atom is -0.392 e. The van der Waals surface area contributed by atoms with E-state index in [0.29, 0.717) is 26.1 Å². The van der Waals surface area contributed by atoms with Gasteiger partial charge in [0.1, 0.15) is 0 Å². The van der Waals surface area contributed by atoms with E-state index < -0.39 is 21.9 Å². The molecule has 5 heteroatoms. The summed E-state index contributed by atoms with van der Waals surface area (Å²) >= 11 is 0. The van der Waals surface area contributed by atoms with Crippen LogP contribution in [0.3, 0.4) is 0 Å². The van der Waals surface area contributed by atoms with Crippen LogP contribution >= 0.6 is 0 Å². The molecular weight excluding hydrogens is 372 g/mol. The maximum absolute atomic E-state index is 13.2. The van der Waals surface area contributed by atoms with E-state index in [0.717, 1.165) is 5.56 Å². The fourth-order valence-corrected chi connectivity index (χ4v) is 5.40. The predicted molar refractivity (Wildman–Crippen MR) is 110 cm³/mol. The van der Waals surface area contributed by atoms with E-state index in [9.17, 15) is 13.5 Å². The first kappa shape index (κ1) is 20.5. The van der Waals surface area contributed by atoms with Gasteiger partial charge < -0.3 is 9.84 Å². The smallest absolute Gasteiger partial charge is 0.202 e. The van der Waals surface area contributed by atoms with Gasteiger partial charge in [0.15, 0.2) is 0 Å². The van der Waals surface area contributed by atoms with E-state index in [1.165, 1.54) is 0 Å². The van der Waals surface area contributed by atoms with Crippen LogP contribution in [0.5, 0.6) is 0 Å². The molecule has 2 aromatic rings. The zero-order valence-electron chi connectivity index (χ0n) is 15.8. The third-order valence-electron chi connectivity index (χ3n) is 5.00. The molecule has 2 aromatic carbocycles. The molecule has 1 N–H and O–H groups in total. The minimum atomic E-state index is -3.68. The molecule has 0 aromatic heterocycles. The van der Waals surface area contributed by atoms with Crippen LogP contribution in [0.1, 0.15) is 18.4 Å². The Bertz CT molecular complexity index is 904. The second kappa shape index (κ2) is 9.32. The number of allylic oxidation sites excluding steroid dienone is 1. The Kier molecular flexibility index (Phi) is 6.83. The molecule has 0 saturated carbocycles. The van der Waals surface area contributed by atoms with Gasteiger partial charge in [-0.25, -0.2) is 8.42 Å². The van der Waals surface area contributed by atoms with Crippen LogP contribution in [0.2, 0.25) is 0 Å². The highest BCUT2D eigenvalue weighted by molar-refractivity contribution is 7.95. The Balaban J connectivity index is 1.81. The highest BCUT2D eigenvalue weighted by Gasteiger charge is 2.37. The van der Waals surface area contributed by atoms with Crippen LogP contribution in [0.4, 0.5) is 0 Å². The second-order valence-electron chi connectivity index (χ2n) is 7.08. The predicted octanol–water partition coefficient (Wildman–Crippen LogP) is 4.13. The number of rotatable bonds is 8. The third-order valence-corrected chi connectivity index (χ3v) is 6.95. The number of aliphatic hydroxyl groups is 1. The Morgan fingerprint density at radius 2 is 1.71 bits per heavy atom. The Morgan fingerprint density at radius 1 is 1.07 bits per heavy atom. The molecule has 3 atom stereocenters. The molecule has 28 heavy (non-hydrogen) atoms. The van der Waals surface area contributed by atoms with Gasteiger partial charge in [-0.05, 0) is 30.5 Å². The maximum atomic E-state index is 13.2. The maximum Gasteiger partial charge on any atom is 0.202 e. The van der Waals surface area contributed by atoms with Crippen molar-refractivity contribution in [3.05, 3.63) is 89.9 Å². The summed E-state index contributed by atoms with van der Waals surface area (Å²) in [5, 5.41) is 10.7. The lowest BCUT2D eigenvalue weighted by molar-refractivity contribution is 0.0521. The molecule has 0 radical (unpaired) electrons. The second-order valence-corrected chi connectivity index (χ2v) is 9.03. The largest absolute Gasteiger partial charge is 0.392 e. The van der Waals surface area contributed by atoms with Gasteiger partial charge in [-0.1, -0.05) is 60.7 Å². The van der Waals surface area contributed by atoms with Crippen molar-refractivity contribution in [3.8, 4) is 0 Å². The summed E-state index contributed by atoms with van der Waals surface area (Å²) in [6.45, 7) is 4.54. The molecule has 0 unspecified atom stereocenters. The lowest BCUT2D eigenvalue weighted by Crippen LogP contribution is -2.33. The first-order valence-corrected chi connectivity index (χ1v) is 10.9. The van der Waals surface area contributed by atoms with Crippen molar-refractivity contribution in [1.82, 2.24) is 0 Å². The van der Waals surface area contributed by atoms with Crippen LogP contribution in [0.25, 0.3) is 0 Å². The normalized spacial score (nSPS) is 22.5. The first-order valence-electron chi connectivity index (χ1n) is 9.45. The molecule has 0 fully saturated rings. The molecule has 4 nitrogen and oxygen atoms in total. The van der Waals surface area contributed by atoms with Gasteiger partial charge in [-0.3, -0.25) is 0 Å². The average molecular weight is 399 g/mol. The molecule has 0 aliphatic heterocycles. The minimum absolute atomic E-state index is 0.159. The summed E-state index contributed by atoms with van der Waals surface area (Å²) in [6.07, 6.45) is 3.57. The van der Waals surface area contributed by atoms with E-state index in [2.05, 4.69) is 6.58 Å². The van der Waals surface area contributed by atoms with Gasteiger partial charge in [0, 0.05) is 11.8 Å². The summed E-state index contributed by atoms with van der Waals surface area (Å²) in [5.41, 5.74) is 1.06. The zero-order valence-corrected chi connectivity index (χ0v) is 16.6. The van der Waals surface area contributed by atoms with Crippen molar-refractivity contribution in [2.45, 2.75) is 30.4 Å². The lowest BCUT2D eigenvalue weighted by Gasteiger charge is -2.32. The number of hydrogen-bond donors (Lipinski definition) is 1. The van der Waals surface area contributed by atoms with Gasteiger partial charge in [-0.15, -0.1) is 6.58 Å². The third kappa shape index (κ3) is 4.79. The molecule has 0 spiro atoms. The Labute approximate surface area is 167 Å². The molecule has 0 saturated heterocycles. The molecule has 148 valence electrons. The van der Waals surface area contributed by atoms with E-state index in [-0.39, 0.29) is 15.7 Å². The topological polar surface area (TPSA) is 63.6 Å². The fraction of sp³-hybridized carbons (Fsp3) is 0.304. The molecule has 3 rings (SSSR count). The van der Waals surface area contributed by atoms with Gasteiger partial charge in [-0.2, -0.15) is 0 Å². The number of sulfone groups is 1. The van der Waals surface area contributed by atoms with Crippen LogP contribution in [0.15, 0.2) is 89.2 Å². The number of aliphatic hydroxyl groups excluding tert-OH is 1. The van der Waals surface area contributed by atoms with Crippen molar-refractivity contribution in [2.24, 2.45) is 11.8 Å². The van der Waals surface area contributed by atoms with Crippen LogP contribution in [-0.4, -0.2) is 26.2 Å². The zero-order chi connectivity index (χ0) is 20.0. The van der Waals surface area contributed by atoms with Crippen molar-refractivity contribution in [2.75, 3.05) is 6.61 Å². The van der Waals surface area contributed by atoms with Gasteiger partial charge in [0.25, 0.3) is 0 Å². The van der Waals surface area contributed by atoms with Crippen LogP contribution < -0.4 is 0 Å². The Morgan fingerprint density at radius 3 is 2.36 bits per heavy atom. The molecule has 0 amide bonds. The van der Waals surface area contributed by atoms with Crippen LogP contribution in [0, 0.1) is 11.8 Å². The van der Waals surface area contributed by atoms with Gasteiger partial charge in [0.2, 0.25) is 9.84 Å². The average Bonchev–Trinajstić information content (AvgIpc) is 2.71. The Hall–Kier alpha value is -2.21. The number of ether oxygens (including phenoxy) is 1. The van der Waals surface area contributed by atoms with E-state index >= 15 is 0 Å². The van der Waals surface area contributed by atoms with Crippen molar-refractivity contribution in [3.63, 3.8) is 0 Å². The highest BCUT2D eigenvalue weighted by Crippen LogP contribution is 2.37. The van der Waals surface area contributed by atoms with E-state index in [4.69, 9.17) is 4.74 Å². The quantitative estimate of drug-likeness (QED) is 0.679. The van der Waals surface area contributed by atoms with Crippen molar-refractivity contribution < 1.29 is 18.3 Å². The molecule has 1 aliphatic carbocycles. The van der Waals surface area contributed by atoms with E-state index in [1.54, 1.807) is 42.5 Å².